The molecule has 3 rings (SSSR count). The summed E-state index contributed by atoms with van der Waals surface area (Å²) in [5, 5.41) is 9.41. The predicted molar refractivity (Wildman–Crippen MR) is 90.1 cm³/mol. The Bertz CT molecular complexity index is 1000. The largest absolute Gasteiger partial charge is 0.479 e. The molecule has 0 aliphatic carbocycles. The van der Waals surface area contributed by atoms with Crippen LogP contribution in [0.5, 0.6) is 5.75 Å². The van der Waals surface area contributed by atoms with Crippen LogP contribution in [0.2, 0.25) is 0 Å². The third-order valence-corrected chi connectivity index (χ3v) is 3.65. The summed E-state index contributed by atoms with van der Waals surface area (Å²) in [7, 11) is 0. The van der Waals surface area contributed by atoms with E-state index < -0.39 is 23.5 Å². The third-order valence-electron chi connectivity index (χ3n) is 3.65. The molecule has 0 aliphatic rings. The lowest BCUT2D eigenvalue weighted by atomic mass is 10.0. The van der Waals surface area contributed by atoms with E-state index in [1.54, 1.807) is 42.5 Å². The number of ketones is 1. The summed E-state index contributed by atoms with van der Waals surface area (Å²) < 4.78 is 10.5. The van der Waals surface area contributed by atoms with E-state index in [1.807, 2.05) is 0 Å². The van der Waals surface area contributed by atoms with Crippen LogP contribution in [-0.2, 0) is 4.79 Å². The fraction of sp³-hybridized carbons (Fsp3) is 0.105. The molecule has 0 saturated heterocycles. The molecule has 2 aromatic carbocycles. The zero-order valence-corrected chi connectivity index (χ0v) is 13.3. The Kier molecular flexibility index (Phi) is 4.35. The highest BCUT2D eigenvalue weighted by molar-refractivity contribution is 6.09. The topological polar surface area (TPSA) is 93.8 Å². The Labute approximate surface area is 142 Å². The van der Waals surface area contributed by atoms with Gasteiger partial charge in [-0.05, 0) is 25.1 Å². The average Bonchev–Trinajstić information content (AvgIpc) is 2.61. The highest BCUT2D eigenvalue weighted by Gasteiger charge is 2.17. The summed E-state index contributed by atoms with van der Waals surface area (Å²) in [6, 6.07) is 14.5. The number of carboxylic acids is 1. The first-order valence-corrected chi connectivity index (χ1v) is 7.53. The Balaban J connectivity index is 1.99. The van der Waals surface area contributed by atoms with Gasteiger partial charge < -0.3 is 14.3 Å². The number of hydrogen-bond donors (Lipinski definition) is 1. The Morgan fingerprint density at radius 3 is 2.48 bits per heavy atom. The third kappa shape index (κ3) is 3.42. The van der Waals surface area contributed by atoms with Crippen LogP contribution in [0, 0.1) is 0 Å². The summed E-state index contributed by atoms with van der Waals surface area (Å²) in [5.74, 6) is -1.27. The zero-order valence-electron chi connectivity index (χ0n) is 13.3. The van der Waals surface area contributed by atoms with Crippen molar-refractivity contribution >= 4 is 22.7 Å². The normalized spacial score (nSPS) is 11.9. The first-order valence-electron chi connectivity index (χ1n) is 7.53. The van der Waals surface area contributed by atoms with Gasteiger partial charge in [0.1, 0.15) is 16.9 Å². The van der Waals surface area contributed by atoms with Crippen molar-refractivity contribution in [3.8, 4) is 5.75 Å². The van der Waals surface area contributed by atoms with Gasteiger partial charge in [-0.2, -0.15) is 0 Å². The van der Waals surface area contributed by atoms with Crippen LogP contribution in [0.15, 0.2) is 63.8 Å². The molecule has 0 aliphatic heterocycles. The Morgan fingerprint density at radius 1 is 1.08 bits per heavy atom. The van der Waals surface area contributed by atoms with Gasteiger partial charge in [0.2, 0.25) is 0 Å². The van der Waals surface area contributed by atoms with Gasteiger partial charge in [-0.15, -0.1) is 0 Å². The number of aliphatic carboxylic acids is 1. The molecule has 25 heavy (non-hydrogen) atoms. The number of carbonyl (C=O) groups is 2. The van der Waals surface area contributed by atoms with Gasteiger partial charge in [0.25, 0.3) is 0 Å². The van der Waals surface area contributed by atoms with Crippen molar-refractivity contribution in [2.45, 2.75) is 13.0 Å². The molecule has 6 heteroatoms. The van der Waals surface area contributed by atoms with Crippen molar-refractivity contribution in [1.29, 1.82) is 0 Å². The van der Waals surface area contributed by atoms with Crippen molar-refractivity contribution in [2.75, 3.05) is 0 Å². The maximum atomic E-state index is 12.4. The Morgan fingerprint density at radius 2 is 1.80 bits per heavy atom. The summed E-state index contributed by atoms with van der Waals surface area (Å²) in [6.07, 6.45) is -1.04. The minimum atomic E-state index is -1.11. The molecule has 1 atom stereocenters. The number of fused-ring (bicyclic) bond motifs is 1. The van der Waals surface area contributed by atoms with Crippen LogP contribution < -0.4 is 10.4 Å². The van der Waals surface area contributed by atoms with Gasteiger partial charge in [-0.1, -0.05) is 30.3 Å². The predicted octanol–water partition coefficient (Wildman–Crippen LogP) is 2.88. The molecule has 126 valence electrons. The molecule has 1 aromatic heterocycles. The second-order valence-corrected chi connectivity index (χ2v) is 5.44. The maximum absolute atomic E-state index is 12.4. The van der Waals surface area contributed by atoms with Crippen LogP contribution in [-0.4, -0.2) is 23.0 Å². The molecule has 0 amide bonds. The summed E-state index contributed by atoms with van der Waals surface area (Å²) >= 11 is 0. The quantitative estimate of drug-likeness (QED) is 0.568. The van der Waals surface area contributed by atoms with Crippen molar-refractivity contribution in [3.05, 3.63) is 76.1 Å². The molecule has 0 bridgehead atoms. The molecular formula is C19H14O6. The van der Waals surface area contributed by atoms with E-state index in [9.17, 15) is 14.4 Å². The lowest BCUT2D eigenvalue weighted by Crippen LogP contribution is -2.22. The van der Waals surface area contributed by atoms with E-state index >= 15 is 0 Å². The summed E-state index contributed by atoms with van der Waals surface area (Å²) in [5.41, 5.74) is -0.217. The smallest absolute Gasteiger partial charge is 0.347 e. The Hall–Kier alpha value is -3.41. The minimum Gasteiger partial charge on any atom is -0.479 e. The fourth-order valence-electron chi connectivity index (χ4n) is 2.32. The summed E-state index contributed by atoms with van der Waals surface area (Å²) in [6.45, 7) is 1.39. The molecule has 0 radical (unpaired) electrons. The molecule has 0 unspecified atom stereocenters. The van der Waals surface area contributed by atoms with Gasteiger partial charge >= 0.3 is 11.6 Å². The molecule has 6 nitrogen and oxygen atoms in total. The number of hydrogen-bond acceptors (Lipinski definition) is 5. The van der Waals surface area contributed by atoms with E-state index in [-0.39, 0.29) is 16.9 Å². The van der Waals surface area contributed by atoms with Gasteiger partial charge in [-0.25, -0.2) is 9.59 Å². The molecule has 1 N–H and O–H groups in total. The SMILES string of the molecule is C[C@H](Oc1ccc2cc(C(=O)c3ccccc3)c(=O)oc2c1)C(=O)O. The summed E-state index contributed by atoms with van der Waals surface area (Å²) in [4.78, 5) is 35.5. The van der Waals surface area contributed by atoms with Gasteiger partial charge in [0, 0.05) is 17.0 Å². The molecule has 0 spiro atoms. The zero-order chi connectivity index (χ0) is 18.0. The number of rotatable bonds is 5. The number of carbonyl (C=O) groups excluding carboxylic acids is 1. The van der Waals surface area contributed by atoms with E-state index in [0.717, 1.165) is 0 Å². The van der Waals surface area contributed by atoms with E-state index in [4.69, 9.17) is 14.3 Å². The number of carboxylic acid groups (broad SMARTS) is 1. The highest BCUT2D eigenvalue weighted by Crippen LogP contribution is 2.22. The fourth-order valence-corrected chi connectivity index (χ4v) is 2.32. The van der Waals surface area contributed by atoms with Crippen LogP contribution in [0.3, 0.4) is 0 Å². The van der Waals surface area contributed by atoms with Crippen molar-refractivity contribution in [1.82, 2.24) is 0 Å². The van der Waals surface area contributed by atoms with E-state index in [2.05, 4.69) is 0 Å². The molecule has 3 aromatic rings. The van der Waals surface area contributed by atoms with Gasteiger partial charge in [0.05, 0.1) is 0 Å². The molecule has 1 heterocycles. The van der Waals surface area contributed by atoms with Crippen LogP contribution in [0.25, 0.3) is 11.0 Å². The lowest BCUT2D eigenvalue weighted by Gasteiger charge is -2.10. The number of ether oxygens (including phenoxy) is 1. The number of benzene rings is 2. The van der Waals surface area contributed by atoms with Crippen LogP contribution in [0.1, 0.15) is 22.8 Å². The minimum absolute atomic E-state index is 0.0636. The monoisotopic (exact) mass is 338 g/mol. The van der Waals surface area contributed by atoms with Crippen LogP contribution >= 0.6 is 0 Å². The van der Waals surface area contributed by atoms with Gasteiger partial charge in [-0.3, -0.25) is 4.79 Å². The first kappa shape index (κ1) is 16.4. The molecule has 0 saturated carbocycles. The van der Waals surface area contributed by atoms with Crippen LogP contribution in [0.4, 0.5) is 0 Å². The highest BCUT2D eigenvalue weighted by atomic mass is 16.5. The van der Waals surface area contributed by atoms with Crippen molar-refractivity contribution in [3.63, 3.8) is 0 Å². The standard InChI is InChI=1S/C19H14O6/c1-11(18(21)22)24-14-8-7-13-9-15(19(23)25-16(13)10-14)17(20)12-5-3-2-4-6-12/h2-11H,1H3,(H,21,22)/t11-/m0/s1. The maximum Gasteiger partial charge on any atom is 0.347 e. The van der Waals surface area contributed by atoms with E-state index in [0.29, 0.717) is 10.9 Å². The van der Waals surface area contributed by atoms with E-state index in [1.165, 1.54) is 19.1 Å². The lowest BCUT2D eigenvalue weighted by molar-refractivity contribution is -0.144. The second-order valence-electron chi connectivity index (χ2n) is 5.44. The first-order chi connectivity index (χ1) is 12.0. The van der Waals surface area contributed by atoms with Gasteiger partial charge in [0.15, 0.2) is 11.9 Å². The molecule has 0 fully saturated rings. The van der Waals surface area contributed by atoms with Crippen molar-refractivity contribution < 1.29 is 23.8 Å². The average molecular weight is 338 g/mol. The van der Waals surface area contributed by atoms with Crippen molar-refractivity contribution in [2.24, 2.45) is 0 Å². The second kappa shape index (κ2) is 6.60. The molecular weight excluding hydrogens is 324 g/mol.